The SMILES string of the molecule is CC(C)CNC(=O)CCNC(C)C(=O)OC(C)(C)C. The molecule has 0 aliphatic rings. The van der Waals surface area contributed by atoms with E-state index in [1.54, 1.807) is 6.92 Å². The molecule has 19 heavy (non-hydrogen) atoms. The second kappa shape index (κ2) is 8.15. The third-order valence-corrected chi connectivity index (χ3v) is 2.27. The summed E-state index contributed by atoms with van der Waals surface area (Å²) in [6.07, 6.45) is 0.361. The summed E-state index contributed by atoms with van der Waals surface area (Å²) in [7, 11) is 0. The van der Waals surface area contributed by atoms with Crippen LogP contribution in [-0.4, -0.2) is 36.6 Å². The van der Waals surface area contributed by atoms with Gasteiger partial charge in [0.05, 0.1) is 0 Å². The Morgan fingerprint density at radius 2 is 1.74 bits per heavy atom. The molecule has 0 radical (unpaired) electrons. The molecule has 0 saturated carbocycles. The Morgan fingerprint density at radius 3 is 2.21 bits per heavy atom. The van der Waals surface area contributed by atoms with Gasteiger partial charge in [0.2, 0.25) is 5.91 Å². The van der Waals surface area contributed by atoms with Crippen LogP contribution in [-0.2, 0) is 14.3 Å². The molecular weight excluding hydrogens is 244 g/mol. The molecular formula is C14H28N2O3. The minimum Gasteiger partial charge on any atom is -0.459 e. The standard InChI is InChI=1S/C14H28N2O3/c1-10(2)9-16-12(17)7-8-15-11(3)13(18)19-14(4,5)6/h10-11,15H,7-9H2,1-6H3,(H,16,17). The quantitative estimate of drug-likeness (QED) is 0.689. The average Bonchev–Trinajstić information content (AvgIpc) is 2.23. The monoisotopic (exact) mass is 272 g/mol. The summed E-state index contributed by atoms with van der Waals surface area (Å²) in [5, 5.41) is 5.82. The molecule has 1 atom stereocenters. The molecule has 0 aromatic rings. The van der Waals surface area contributed by atoms with E-state index in [0.29, 0.717) is 25.4 Å². The van der Waals surface area contributed by atoms with Crippen molar-refractivity contribution in [2.75, 3.05) is 13.1 Å². The predicted octanol–water partition coefficient (Wildman–Crippen LogP) is 1.47. The Balaban J connectivity index is 3.82. The molecule has 0 aliphatic carbocycles. The molecule has 112 valence electrons. The van der Waals surface area contributed by atoms with Gasteiger partial charge in [-0.15, -0.1) is 0 Å². The summed E-state index contributed by atoms with van der Waals surface area (Å²) in [4.78, 5) is 23.1. The number of hydrogen-bond donors (Lipinski definition) is 2. The molecule has 5 nitrogen and oxygen atoms in total. The van der Waals surface area contributed by atoms with E-state index in [0.717, 1.165) is 0 Å². The molecule has 0 bridgehead atoms. The summed E-state index contributed by atoms with van der Waals surface area (Å²) in [5.41, 5.74) is -0.484. The van der Waals surface area contributed by atoms with Crippen LogP contribution in [0.5, 0.6) is 0 Å². The van der Waals surface area contributed by atoms with Gasteiger partial charge in [-0.05, 0) is 33.6 Å². The van der Waals surface area contributed by atoms with Crippen LogP contribution in [0, 0.1) is 5.92 Å². The van der Waals surface area contributed by atoms with Crippen molar-refractivity contribution in [2.24, 2.45) is 5.92 Å². The van der Waals surface area contributed by atoms with Gasteiger partial charge in [0, 0.05) is 19.5 Å². The van der Waals surface area contributed by atoms with Crippen molar-refractivity contribution in [1.29, 1.82) is 0 Å². The zero-order valence-electron chi connectivity index (χ0n) is 13.0. The first-order chi connectivity index (χ1) is 8.61. The van der Waals surface area contributed by atoms with Crippen LogP contribution in [0.4, 0.5) is 0 Å². The first kappa shape index (κ1) is 17.9. The van der Waals surface area contributed by atoms with Crippen LogP contribution in [0.2, 0.25) is 0 Å². The van der Waals surface area contributed by atoms with Gasteiger partial charge in [-0.1, -0.05) is 13.8 Å². The number of carbonyl (C=O) groups excluding carboxylic acids is 2. The van der Waals surface area contributed by atoms with Gasteiger partial charge < -0.3 is 15.4 Å². The highest BCUT2D eigenvalue weighted by Gasteiger charge is 2.21. The molecule has 1 amide bonds. The fraction of sp³-hybridized carbons (Fsp3) is 0.857. The molecule has 0 fully saturated rings. The lowest BCUT2D eigenvalue weighted by Gasteiger charge is -2.22. The molecule has 1 unspecified atom stereocenters. The Hall–Kier alpha value is -1.10. The maximum atomic E-state index is 11.7. The van der Waals surface area contributed by atoms with Crippen LogP contribution in [0.15, 0.2) is 0 Å². The fourth-order valence-electron chi connectivity index (χ4n) is 1.28. The molecule has 0 aliphatic heterocycles. The first-order valence-electron chi connectivity index (χ1n) is 6.84. The molecule has 5 heteroatoms. The largest absolute Gasteiger partial charge is 0.459 e. The van der Waals surface area contributed by atoms with Crippen LogP contribution < -0.4 is 10.6 Å². The van der Waals surface area contributed by atoms with Crippen LogP contribution in [0.1, 0.15) is 48.0 Å². The molecule has 0 saturated heterocycles. The van der Waals surface area contributed by atoms with E-state index in [2.05, 4.69) is 10.6 Å². The first-order valence-corrected chi connectivity index (χ1v) is 6.84. The number of nitrogens with one attached hydrogen (secondary N) is 2. The minimum atomic E-state index is -0.484. The van der Waals surface area contributed by atoms with Crippen molar-refractivity contribution in [3.63, 3.8) is 0 Å². The van der Waals surface area contributed by atoms with Crippen molar-refractivity contribution >= 4 is 11.9 Å². The van der Waals surface area contributed by atoms with Gasteiger partial charge in [-0.2, -0.15) is 0 Å². The molecule has 0 aromatic carbocycles. The van der Waals surface area contributed by atoms with Crippen molar-refractivity contribution in [2.45, 2.75) is 59.6 Å². The number of carbonyl (C=O) groups is 2. The number of hydrogen-bond acceptors (Lipinski definition) is 4. The highest BCUT2D eigenvalue weighted by molar-refractivity contribution is 5.77. The third kappa shape index (κ3) is 10.5. The number of amides is 1. The topological polar surface area (TPSA) is 67.4 Å². The summed E-state index contributed by atoms with van der Waals surface area (Å²) in [6.45, 7) is 12.5. The fourth-order valence-corrected chi connectivity index (χ4v) is 1.28. The van der Waals surface area contributed by atoms with Crippen LogP contribution >= 0.6 is 0 Å². The number of rotatable bonds is 7. The van der Waals surface area contributed by atoms with Gasteiger partial charge >= 0.3 is 5.97 Å². The zero-order valence-corrected chi connectivity index (χ0v) is 13.0. The molecule has 0 rings (SSSR count). The lowest BCUT2D eigenvalue weighted by molar-refractivity contribution is -0.157. The van der Waals surface area contributed by atoms with Crippen molar-refractivity contribution < 1.29 is 14.3 Å². The van der Waals surface area contributed by atoms with E-state index >= 15 is 0 Å². The Labute approximate surface area is 116 Å². The molecule has 0 aromatic heterocycles. The second-order valence-corrected chi connectivity index (χ2v) is 6.16. The Morgan fingerprint density at radius 1 is 1.16 bits per heavy atom. The van der Waals surface area contributed by atoms with E-state index in [-0.39, 0.29) is 11.9 Å². The van der Waals surface area contributed by atoms with E-state index in [1.165, 1.54) is 0 Å². The summed E-state index contributed by atoms with van der Waals surface area (Å²) < 4.78 is 5.23. The molecule has 0 spiro atoms. The van der Waals surface area contributed by atoms with E-state index in [9.17, 15) is 9.59 Å². The molecule has 2 N–H and O–H groups in total. The average molecular weight is 272 g/mol. The van der Waals surface area contributed by atoms with Gasteiger partial charge in [-0.3, -0.25) is 9.59 Å². The van der Waals surface area contributed by atoms with Crippen LogP contribution in [0.3, 0.4) is 0 Å². The van der Waals surface area contributed by atoms with Crippen molar-refractivity contribution in [3.8, 4) is 0 Å². The van der Waals surface area contributed by atoms with Gasteiger partial charge in [-0.25, -0.2) is 0 Å². The van der Waals surface area contributed by atoms with Gasteiger partial charge in [0.1, 0.15) is 11.6 Å². The summed E-state index contributed by atoms with van der Waals surface area (Å²) in [5.74, 6) is 0.144. The summed E-state index contributed by atoms with van der Waals surface area (Å²) >= 11 is 0. The smallest absolute Gasteiger partial charge is 0.323 e. The number of ether oxygens (including phenoxy) is 1. The lowest BCUT2D eigenvalue weighted by atomic mass is 10.2. The maximum Gasteiger partial charge on any atom is 0.323 e. The van der Waals surface area contributed by atoms with Gasteiger partial charge in [0.25, 0.3) is 0 Å². The normalized spacial score (nSPS) is 13.2. The van der Waals surface area contributed by atoms with Crippen LogP contribution in [0.25, 0.3) is 0 Å². The minimum absolute atomic E-state index is 0.00223. The number of esters is 1. The van der Waals surface area contributed by atoms with E-state index < -0.39 is 11.6 Å². The lowest BCUT2D eigenvalue weighted by Crippen LogP contribution is -2.40. The van der Waals surface area contributed by atoms with Crippen molar-refractivity contribution in [3.05, 3.63) is 0 Å². The Kier molecular flexibility index (Phi) is 7.68. The third-order valence-electron chi connectivity index (χ3n) is 2.27. The van der Waals surface area contributed by atoms with Gasteiger partial charge in [0.15, 0.2) is 0 Å². The summed E-state index contributed by atoms with van der Waals surface area (Å²) in [6, 6.07) is -0.405. The maximum absolute atomic E-state index is 11.7. The molecule has 0 heterocycles. The highest BCUT2D eigenvalue weighted by atomic mass is 16.6. The van der Waals surface area contributed by atoms with E-state index in [4.69, 9.17) is 4.74 Å². The second-order valence-electron chi connectivity index (χ2n) is 6.16. The predicted molar refractivity (Wildman–Crippen MR) is 75.8 cm³/mol. The Bertz CT molecular complexity index is 296. The highest BCUT2D eigenvalue weighted by Crippen LogP contribution is 2.08. The zero-order chi connectivity index (χ0) is 15.1. The van der Waals surface area contributed by atoms with E-state index in [1.807, 2.05) is 34.6 Å². The van der Waals surface area contributed by atoms with Crippen molar-refractivity contribution in [1.82, 2.24) is 10.6 Å².